The maximum Gasteiger partial charge on any atom is 0.232 e. The Morgan fingerprint density at radius 2 is 1.96 bits per heavy atom. The molecule has 0 bridgehead atoms. The third-order valence-electron chi connectivity index (χ3n) is 4.91. The normalized spacial score (nSPS) is 15.2. The van der Waals surface area contributed by atoms with Crippen molar-refractivity contribution >= 4 is 22.4 Å². The summed E-state index contributed by atoms with van der Waals surface area (Å²) in [5, 5.41) is 5.34. The molecular weight excluding hydrogens is 352 g/mol. The monoisotopic (exact) mass is 380 g/mol. The molecule has 3 N–H and O–H groups in total. The number of anilines is 2. The number of hydrogen-bond acceptors (Lipinski definition) is 7. The van der Waals surface area contributed by atoms with Gasteiger partial charge in [0, 0.05) is 31.2 Å². The first kappa shape index (κ1) is 19.8. The van der Waals surface area contributed by atoms with E-state index in [1.54, 1.807) is 18.6 Å². The van der Waals surface area contributed by atoms with E-state index >= 15 is 0 Å². The Bertz CT molecular complexity index is 906. The molecule has 7 heteroatoms. The minimum absolute atomic E-state index is 0. The van der Waals surface area contributed by atoms with Crippen LogP contribution in [0, 0.1) is 0 Å². The van der Waals surface area contributed by atoms with Gasteiger partial charge in [-0.1, -0.05) is 19.6 Å². The lowest BCUT2D eigenvalue weighted by Gasteiger charge is -2.28. The number of rotatable bonds is 5. The van der Waals surface area contributed by atoms with Gasteiger partial charge in [-0.25, -0.2) is 15.0 Å². The van der Waals surface area contributed by atoms with E-state index in [-0.39, 0.29) is 13.5 Å². The van der Waals surface area contributed by atoms with Crippen LogP contribution in [0.1, 0.15) is 25.8 Å². The average molecular weight is 380 g/mol. The molecule has 0 saturated carbocycles. The van der Waals surface area contributed by atoms with Crippen LogP contribution in [-0.2, 0) is 6.54 Å². The third-order valence-corrected chi connectivity index (χ3v) is 4.91. The van der Waals surface area contributed by atoms with E-state index in [0.717, 1.165) is 48.1 Å². The molecule has 3 aromatic rings. The molecule has 7 nitrogen and oxygen atoms in total. The minimum Gasteiger partial charge on any atom is -0.473 e. The maximum atomic E-state index is 5.93. The zero-order valence-electron chi connectivity index (χ0n) is 15.4. The Labute approximate surface area is 166 Å². The number of nitrogens with one attached hydrogen (secondary N) is 1. The second-order valence-electron chi connectivity index (χ2n) is 6.97. The summed E-state index contributed by atoms with van der Waals surface area (Å²) in [6, 6.07) is 8.10. The average Bonchev–Trinajstić information content (AvgIpc) is 2.69. The Morgan fingerprint density at radius 3 is 2.71 bits per heavy atom. The first-order chi connectivity index (χ1) is 13.2. The Kier molecular flexibility index (Phi) is 6.26. The van der Waals surface area contributed by atoms with Crippen molar-refractivity contribution in [1.82, 2.24) is 19.9 Å². The van der Waals surface area contributed by atoms with Gasteiger partial charge in [0.25, 0.3) is 0 Å². The highest BCUT2D eigenvalue weighted by Gasteiger charge is 2.18. The number of piperidine rings is 1. The highest BCUT2D eigenvalue weighted by Crippen LogP contribution is 2.21. The number of nitrogens with two attached hydrogens (primary N) is 1. The van der Waals surface area contributed by atoms with Gasteiger partial charge in [-0.2, -0.15) is 0 Å². The fourth-order valence-corrected chi connectivity index (χ4v) is 3.30. The van der Waals surface area contributed by atoms with Crippen LogP contribution >= 0.6 is 0 Å². The first-order valence-electron chi connectivity index (χ1n) is 9.21. The largest absolute Gasteiger partial charge is 0.473 e. The number of ether oxygens (including phenoxy) is 1. The highest BCUT2D eigenvalue weighted by molar-refractivity contribution is 5.91. The Balaban J connectivity index is 0.00000225. The summed E-state index contributed by atoms with van der Waals surface area (Å²) in [6.45, 7) is 2.78. The van der Waals surface area contributed by atoms with E-state index in [0.29, 0.717) is 18.2 Å². The molecule has 0 spiro atoms. The van der Waals surface area contributed by atoms with Crippen LogP contribution in [0.2, 0.25) is 0 Å². The van der Waals surface area contributed by atoms with Crippen molar-refractivity contribution in [2.45, 2.75) is 32.9 Å². The van der Waals surface area contributed by atoms with Gasteiger partial charge in [0.05, 0.1) is 12.4 Å². The predicted octanol–water partition coefficient (Wildman–Crippen LogP) is 3.33. The fourth-order valence-electron chi connectivity index (χ4n) is 3.30. The summed E-state index contributed by atoms with van der Waals surface area (Å²) in [5.74, 6) is 1.86. The smallest absolute Gasteiger partial charge is 0.232 e. The minimum atomic E-state index is 0. The number of benzene rings is 1. The second-order valence-corrected chi connectivity index (χ2v) is 6.97. The van der Waals surface area contributed by atoms with E-state index in [2.05, 4.69) is 38.3 Å². The summed E-state index contributed by atoms with van der Waals surface area (Å²) in [5.41, 5.74) is 7.04. The molecule has 0 aliphatic carbocycles. The van der Waals surface area contributed by atoms with Gasteiger partial charge in [-0.3, -0.25) is 0 Å². The van der Waals surface area contributed by atoms with Crippen LogP contribution in [0.15, 0.2) is 42.9 Å². The summed E-state index contributed by atoms with van der Waals surface area (Å²) in [7, 11) is 2.14. The van der Waals surface area contributed by atoms with Crippen LogP contribution in [0.3, 0.4) is 0 Å². The first-order valence-corrected chi connectivity index (χ1v) is 9.21. The summed E-state index contributed by atoms with van der Waals surface area (Å²) >= 11 is 0. The summed E-state index contributed by atoms with van der Waals surface area (Å²) < 4.78 is 5.93. The zero-order valence-corrected chi connectivity index (χ0v) is 15.4. The van der Waals surface area contributed by atoms with Crippen molar-refractivity contribution in [3.05, 3.63) is 48.4 Å². The molecule has 28 heavy (non-hydrogen) atoms. The van der Waals surface area contributed by atoms with Crippen LogP contribution < -0.4 is 15.8 Å². The zero-order chi connectivity index (χ0) is 18.6. The predicted molar refractivity (Wildman–Crippen MR) is 113 cm³/mol. The second kappa shape index (κ2) is 8.84. The van der Waals surface area contributed by atoms with Crippen molar-refractivity contribution in [2.75, 3.05) is 31.2 Å². The number of hydrogen-bond donors (Lipinski definition) is 2. The molecule has 1 fully saturated rings. The van der Waals surface area contributed by atoms with Gasteiger partial charge in [-0.05, 0) is 43.0 Å². The number of fused-ring (bicyclic) bond motifs is 1. The van der Waals surface area contributed by atoms with Gasteiger partial charge < -0.3 is 20.7 Å². The molecule has 4 rings (SSSR count). The van der Waals surface area contributed by atoms with E-state index in [4.69, 9.17) is 10.5 Å². The van der Waals surface area contributed by atoms with Crippen LogP contribution in [-0.4, -0.2) is 46.1 Å². The van der Waals surface area contributed by atoms with E-state index in [1.807, 2.05) is 18.2 Å². The Morgan fingerprint density at radius 1 is 1.14 bits per heavy atom. The summed E-state index contributed by atoms with van der Waals surface area (Å²) in [6.07, 6.45) is 7.42. The standard InChI is InChI=1S/C20H24N6O.CH4/c1-26-8-5-16(6-9-26)27-19-13-24-18(12-25-19)23-11-14-2-3-17-15(10-14)4-7-22-20(17)21;/h2-4,7,10,12-13,16H,5-6,8-9,11H2,1H3,(H2,21,22)(H,23,24);1H4. The lowest BCUT2D eigenvalue weighted by Crippen LogP contribution is -2.35. The fraction of sp³-hybridized carbons (Fsp3) is 0.381. The molecule has 1 aromatic carbocycles. The lowest BCUT2D eigenvalue weighted by atomic mass is 10.1. The highest BCUT2D eigenvalue weighted by atomic mass is 16.5. The quantitative estimate of drug-likeness (QED) is 0.702. The van der Waals surface area contributed by atoms with Gasteiger partial charge in [0.15, 0.2) is 0 Å². The van der Waals surface area contributed by atoms with Crippen molar-refractivity contribution in [3.8, 4) is 5.88 Å². The van der Waals surface area contributed by atoms with Crippen molar-refractivity contribution in [1.29, 1.82) is 0 Å². The third kappa shape index (κ3) is 4.67. The SMILES string of the molecule is C.CN1CCC(Oc2cnc(NCc3ccc4c(N)nccc4c3)cn2)CC1. The molecule has 1 aliphatic heterocycles. The van der Waals surface area contributed by atoms with Gasteiger partial charge >= 0.3 is 0 Å². The van der Waals surface area contributed by atoms with Crippen LogP contribution in [0.4, 0.5) is 11.6 Å². The molecule has 148 valence electrons. The molecule has 2 aromatic heterocycles. The molecule has 1 aliphatic rings. The van der Waals surface area contributed by atoms with Crippen LogP contribution in [0.5, 0.6) is 5.88 Å². The van der Waals surface area contributed by atoms with E-state index < -0.39 is 0 Å². The molecule has 0 atom stereocenters. The van der Waals surface area contributed by atoms with E-state index in [1.165, 1.54) is 0 Å². The van der Waals surface area contributed by atoms with Crippen molar-refractivity contribution < 1.29 is 4.74 Å². The molecule has 1 saturated heterocycles. The van der Waals surface area contributed by atoms with Gasteiger partial charge in [-0.15, -0.1) is 0 Å². The molecule has 0 amide bonds. The van der Waals surface area contributed by atoms with Crippen LogP contribution in [0.25, 0.3) is 10.8 Å². The number of pyridine rings is 1. The number of nitrogen functional groups attached to an aromatic ring is 1. The lowest BCUT2D eigenvalue weighted by molar-refractivity contribution is 0.109. The maximum absolute atomic E-state index is 5.93. The van der Waals surface area contributed by atoms with Gasteiger partial charge in [0.1, 0.15) is 17.7 Å². The molecule has 0 unspecified atom stereocenters. The number of likely N-dealkylation sites (tertiary alicyclic amines) is 1. The topological polar surface area (TPSA) is 89.2 Å². The number of nitrogens with zero attached hydrogens (tertiary/aromatic N) is 4. The molecular formula is C21H28N6O. The number of aromatic nitrogens is 3. The summed E-state index contributed by atoms with van der Waals surface area (Å²) in [4.78, 5) is 15.2. The van der Waals surface area contributed by atoms with Crippen molar-refractivity contribution in [3.63, 3.8) is 0 Å². The van der Waals surface area contributed by atoms with Crippen molar-refractivity contribution in [2.24, 2.45) is 0 Å². The molecule has 3 heterocycles. The molecule has 0 radical (unpaired) electrons. The van der Waals surface area contributed by atoms with E-state index in [9.17, 15) is 0 Å². The van der Waals surface area contributed by atoms with Gasteiger partial charge in [0.2, 0.25) is 5.88 Å². The Hall–Kier alpha value is -2.93.